The first-order valence-corrected chi connectivity index (χ1v) is 9.58. The van der Waals surface area contributed by atoms with Gasteiger partial charge in [-0.2, -0.15) is 5.26 Å². The molecule has 0 saturated carbocycles. The normalized spacial score (nSPS) is 18.8. The van der Waals surface area contributed by atoms with Crippen molar-refractivity contribution in [2.75, 3.05) is 6.61 Å². The Morgan fingerprint density at radius 1 is 1.14 bits per heavy atom. The number of Topliss-reactive ketones (excluding diaryl/α,β-unsaturated/α-hetero) is 1. The van der Waals surface area contributed by atoms with Gasteiger partial charge in [-0.1, -0.05) is 29.3 Å². The molecule has 1 N–H and O–H groups in total. The molecule has 0 aliphatic carbocycles. The van der Waals surface area contributed by atoms with E-state index in [1.54, 1.807) is 6.92 Å². The van der Waals surface area contributed by atoms with Crippen LogP contribution in [0, 0.1) is 25.2 Å². The standard InChI is InChI=1S/C24H22N2O3/c1-5-28-18-6-7-20-16(11-18)12-21(26-20)22-19(13-25)23(27)24(4,29-22)17-9-14(2)8-15(3)10-17/h6-12,26H,5H2,1-4H3. The number of benzene rings is 2. The van der Waals surface area contributed by atoms with Crippen LogP contribution in [0.2, 0.25) is 0 Å². The molecule has 3 aromatic rings. The van der Waals surface area contributed by atoms with Crippen LogP contribution in [0.4, 0.5) is 0 Å². The number of hydrogen-bond acceptors (Lipinski definition) is 4. The van der Waals surface area contributed by atoms with E-state index in [9.17, 15) is 10.1 Å². The van der Waals surface area contributed by atoms with Crippen LogP contribution >= 0.6 is 0 Å². The van der Waals surface area contributed by atoms with Gasteiger partial charge in [-0.25, -0.2) is 0 Å². The summed E-state index contributed by atoms with van der Waals surface area (Å²) in [7, 11) is 0. The lowest BCUT2D eigenvalue weighted by Gasteiger charge is -2.25. The number of nitrogens with zero attached hydrogens (tertiary/aromatic N) is 1. The summed E-state index contributed by atoms with van der Waals surface area (Å²) in [5.41, 5.74) is 3.11. The molecule has 29 heavy (non-hydrogen) atoms. The number of ether oxygens (including phenoxy) is 2. The summed E-state index contributed by atoms with van der Waals surface area (Å²) in [6.45, 7) is 8.20. The SMILES string of the molecule is CCOc1ccc2[nH]c(C3=C(C#N)C(=O)C(C)(c4cc(C)cc(C)c4)O3)cc2c1. The molecular formula is C24H22N2O3. The maximum Gasteiger partial charge on any atom is 0.225 e. The lowest BCUT2D eigenvalue weighted by Crippen LogP contribution is -2.31. The third kappa shape index (κ3) is 3.07. The molecule has 2 aromatic carbocycles. The Balaban J connectivity index is 1.79. The van der Waals surface area contributed by atoms with Crippen LogP contribution in [0.5, 0.6) is 5.75 Å². The van der Waals surface area contributed by atoms with E-state index in [0.717, 1.165) is 33.3 Å². The molecule has 0 fully saturated rings. The number of hydrogen-bond donors (Lipinski definition) is 1. The number of aryl methyl sites for hydroxylation is 2. The fourth-order valence-electron chi connectivity index (χ4n) is 3.86. The highest BCUT2D eigenvalue weighted by atomic mass is 16.5. The van der Waals surface area contributed by atoms with Crippen LogP contribution in [0.25, 0.3) is 16.7 Å². The zero-order valence-electron chi connectivity index (χ0n) is 16.9. The van der Waals surface area contributed by atoms with Gasteiger partial charge in [-0.15, -0.1) is 0 Å². The third-order valence-corrected chi connectivity index (χ3v) is 5.23. The molecule has 0 amide bonds. The van der Waals surface area contributed by atoms with Crippen molar-refractivity contribution in [2.45, 2.75) is 33.3 Å². The molecule has 4 rings (SSSR count). The first-order chi connectivity index (χ1) is 13.9. The highest BCUT2D eigenvalue weighted by molar-refractivity contribution is 6.13. The predicted octanol–water partition coefficient (Wildman–Crippen LogP) is 4.93. The summed E-state index contributed by atoms with van der Waals surface area (Å²) < 4.78 is 11.8. The lowest BCUT2D eigenvalue weighted by atomic mass is 9.87. The first kappa shape index (κ1) is 18.8. The van der Waals surface area contributed by atoms with Crippen LogP contribution in [-0.4, -0.2) is 17.4 Å². The van der Waals surface area contributed by atoms with Gasteiger partial charge in [0.05, 0.1) is 12.3 Å². The third-order valence-electron chi connectivity index (χ3n) is 5.23. The minimum atomic E-state index is -1.23. The van der Waals surface area contributed by atoms with Gasteiger partial charge in [-0.3, -0.25) is 4.79 Å². The topological polar surface area (TPSA) is 75.1 Å². The molecule has 0 saturated heterocycles. The Hall–Kier alpha value is -3.52. The van der Waals surface area contributed by atoms with E-state index in [2.05, 4.69) is 11.1 Å². The van der Waals surface area contributed by atoms with E-state index in [-0.39, 0.29) is 17.1 Å². The number of aromatic nitrogens is 1. The number of carbonyl (C=O) groups excluding carboxylic acids is 1. The first-order valence-electron chi connectivity index (χ1n) is 9.58. The van der Waals surface area contributed by atoms with Gasteiger partial charge >= 0.3 is 0 Å². The van der Waals surface area contributed by atoms with Gasteiger partial charge in [0.2, 0.25) is 5.78 Å². The van der Waals surface area contributed by atoms with Gasteiger partial charge in [-0.05, 0) is 52.0 Å². The average molecular weight is 386 g/mol. The van der Waals surface area contributed by atoms with E-state index in [1.807, 2.05) is 63.2 Å². The second-order valence-corrected chi connectivity index (χ2v) is 7.52. The Bertz CT molecular complexity index is 1190. The van der Waals surface area contributed by atoms with Gasteiger partial charge in [0.1, 0.15) is 17.4 Å². The number of nitriles is 1. The van der Waals surface area contributed by atoms with Gasteiger partial charge < -0.3 is 14.5 Å². The predicted molar refractivity (Wildman–Crippen MR) is 111 cm³/mol. The summed E-state index contributed by atoms with van der Waals surface area (Å²) in [6, 6.07) is 15.6. The molecule has 1 unspecified atom stereocenters. The molecule has 0 radical (unpaired) electrons. The molecule has 1 atom stereocenters. The second kappa shape index (κ2) is 6.82. The summed E-state index contributed by atoms with van der Waals surface area (Å²) in [4.78, 5) is 16.4. The fraction of sp³-hybridized carbons (Fsp3) is 0.250. The Kier molecular flexibility index (Phi) is 4.43. The number of H-pyrrole nitrogens is 1. The summed E-state index contributed by atoms with van der Waals surface area (Å²) in [6.07, 6.45) is 0. The number of aromatic amines is 1. The Morgan fingerprint density at radius 3 is 2.52 bits per heavy atom. The molecule has 1 aliphatic rings. The van der Waals surface area contributed by atoms with Crippen molar-refractivity contribution in [2.24, 2.45) is 0 Å². The van der Waals surface area contributed by atoms with E-state index in [4.69, 9.17) is 9.47 Å². The van der Waals surface area contributed by atoms with Gasteiger partial charge in [0.15, 0.2) is 11.4 Å². The van der Waals surface area contributed by atoms with E-state index in [1.165, 1.54) is 0 Å². The van der Waals surface area contributed by atoms with E-state index in [0.29, 0.717) is 12.3 Å². The molecular weight excluding hydrogens is 364 g/mol. The molecule has 5 heteroatoms. The van der Waals surface area contributed by atoms with Crippen LogP contribution in [0.3, 0.4) is 0 Å². The van der Waals surface area contributed by atoms with E-state index >= 15 is 0 Å². The quantitative estimate of drug-likeness (QED) is 0.690. The molecule has 146 valence electrons. The zero-order chi connectivity index (χ0) is 20.8. The largest absolute Gasteiger partial charge is 0.494 e. The van der Waals surface area contributed by atoms with Crippen molar-refractivity contribution in [1.29, 1.82) is 5.26 Å². The fourth-order valence-corrected chi connectivity index (χ4v) is 3.86. The minimum Gasteiger partial charge on any atom is -0.494 e. The molecule has 1 aromatic heterocycles. The summed E-state index contributed by atoms with van der Waals surface area (Å²) >= 11 is 0. The number of ketones is 1. The minimum absolute atomic E-state index is 0.0308. The van der Waals surface area contributed by atoms with Crippen LogP contribution in [0.15, 0.2) is 48.0 Å². The van der Waals surface area contributed by atoms with Gasteiger partial charge in [0, 0.05) is 16.5 Å². The second-order valence-electron chi connectivity index (χ2n) is 7.52. The number of fused-ring (bicyclic) bond motifs is 1. The van der Waals surface area contributed by atoms with Crippen molar-refractivity contribution in [3.63, 3.8) is 0 Å². The van der Waals surface area contributed by atoms with Crippen molar-refractivity contribution in [1.82, 2.24) is 4.98 Å². The average Bonchev–Trinajstić information content (AvgIpc) is 3.20. The summed E-state index contributed by atoms with van der Waals surface area (Å²) in [5.74, 6) is 0.727. The zero-order valence-corrected chi connectivity index (χ0v) is 16.9. The number of nitrogens with one attached hydrogen (secondary N) is 1. The van der Waals surface area contributed by atoms with Crippen LogP contribution in [-0.2, 0) is 15.1 Å². The molecule has 2 heterocycles. The van der Waals surface area contributed by atoms with Crippen molar-refractivity contribution < 1.29 is 14.3 Å². The highest BCUT2D eigenvalue weighted by Crippen LogP contribution is 2.43. The number of rotatable bonds is 4. The van der Waals surface area contributed by atoms with E-state index < -0.39 is 5.60 Å². The van der Waals surface area contributed by atoms with Crippen LogP contribution < -0.4 is 4.74 Å². The lowest BCUT2D eigenvalue weighted by molar-refractivity contribution is -0.128. The monoisotopic (exact) mass is 386 g/mol. The Labute approximate surface area is 169 Å². The van der Waals surface area contributed by atoms with Crippen LogP contribution in [0.1, 0.15) is 36.2 Å². The maximum absolute atomic E-state index is 13.2. The van der Waals surface area contributed by atoms with Gasteiger partial charge in [0.25, 0.3) is 0 Å². The number of carbonyl (C=O) groups is 1. The Morgan fingerprint density at radius 2 is 1.86 bits per heavy atom. The molecule has 5 nitrogen and oxygen atoms in total. The maximum atomic E-state index is 13.2. The molecule has 1 aliphatic heterocycles. The van der Waals surface area contributed by atoms with Crippen molar-refractivity contribution in [3.05, 3.63) is 70.4 Å². The smallest absolute Gasteiger partial charge is 0.225 e. The molecule has 0 bridgehead atoms. The molecule has 0 spiro atoms. The van der Waals surface area contributed by atoms with Crippen molar-refractivity contribution in [3.8, 4) is 11.8 Å². The van der Waals surface area contributed by atoms with Crippen molar-refractivity contribution >= 4 is 22.4 Å². The highest BCUT2D eigenvalue weighted by Gasteiger charge is 2.48. The summed E-state index contributed by atoms with van der Waals surface area (Å²) in [5, 5.41) is 10.6.